The van der Waals surface area contributed by atoms with E-state index in [0.29, 0.717) is 6.42 Å². The van der Waals surface area contributed by atoms with Crippen molar-refractivity contribution in [3.8, 4) is 0 Å². The molecule has 0 unspecified atom stereocenters. The number of carbonyl (C=O) groups is 1. The van der Waals surface area contributed by atoms with Gasteiger partial charge in [0.25, 0.3) is 5.91 Å². The van der Waals surface area contributed by atoms with Gasteiger partial charge in [-0.15, -0.1) is 0 Å². The van der Waals surface area contributed by atoms with Crippen LogP contribution < -0.4 is 5.73 Å². The van der Waals surface area contributed by atoms with E-state index in [-0.39, 0.29) is 0 Å². The van der Waals surface area contributed by atoms with Crippen molar-refractivity contribution in [1.29, 1.82) is 0 Å². The lowest BCUT2D eigenvalue weighted by molar-refractivity contribution is 0.0839. The molecule has 0 amide bonds. The Morgan fingerprint density at radius 2 is 1.88 bits per heavy atom. The molecule has 0 fully saturated rings. The van der Waals surface area contributed by atoms with Crippen molar-refractivity contribution in [3.05, 3.63) is 35.9 Å². The molecule has 0 aliphatic rings. The van der Waals surface area contributed by atoms with E-state index >= 15 is 0 Å². The molecular weight excluding hydrogens is 208 g/mol. The molecule has 82 valence electrons. The van der Waals surface area contributed by atoms with Crippen LogP contribution in [0.2, 0.25) is 0 Å². The maximum absolute atomic E-state index is 11.6. The van der Waals surface area contributed by atoms with Crippen molar-refractivity contribution >= 4 is 5.91 Å². The average molecular weight is 218 g/mol. The summed E-state index contributed by atoms with van der Waals surface area (Å²) in [7, 11) is 0. The largest absolute Gasteiger partial charge is 0.319 e. The number of carbonyl (C=O) groups excluding carboxylic acids is 1. The predicted molar refractivity (Wildman–Crippen MR) is 54.4 cm³/mol. The molecule has 1 atom stereocenters. The van der Waals surface area contributed by atoms with Crippen LogP contribution in [0.25, 0.3) is 0 Å². The number of nitrogens with two attached hydrogens (primary N) is 1. The quantitative estimate of drug-likeness (QED) is 0.729. The van der Waals surface area contributed by atoms with Crippen LogP contribution in [0.1, 0.15) is 10.4 Å². The normalized spacial score (nSPS) is 12.3. The van der Waals surface area contributed by atoms with Gasteiger partial charge in [-0.3, -0.25) is 4.79 Å². The maximum Gasteiger partial charge on any atom is 0.285 e. The van der Waals surface area contributed by atoms with Gasteiger partial charge >= 0.3 is 0 Å². The molecule has 0 aliphatic heterocycles. The molecule has 0 saturated carbocycles. The summed E-state index contributed by atoms with van der Waals surface area (Å²) in [6.07, 6.45) is 0.432. The van der Waals surface area contributed by atoms with Crippen LogP contribution >= 0.6 is 0 Å². The molecule has 16 heavy (non-hydrogen) atoms. The van der Waals surface area contributed by atoms with E-state index in [1.54, 1.807) is 0 Å². The summed E-state index contributed by atoms with van der Waals surface area (Å²) in [4.78, 5) is 12.4. The van der Waals surface area contributed by atoms with Gasteiger partial charge in [-0.1, -0.05) is 35.1 Å². The molecule has 0 aliphatic carbocycles. The van der Waals surface area contributed by atoms with Crippen LogP contribution in [0.15, 0.2) is 30.3 Å². The Kier molecular flexibility index (Phi) is 2.97. The zero-order chi connectivity index (χ0) is 11.4. The lowest BCUT2D eigenvalue weighted by atomic mass is 10.1. The van der Waals surface area contributed by atoms with Crippen molar-refractivity contribution in [2.24, 2.45) is 5.73 Å². The van der Waals surface area contributed by atoms with E-state index in [1.807, 2.05) is 30.3 Å². The van der Waals surface area contributed by atoms with E-state index in [1.165, 1.54) is 0 Å². The van der Waals surface area contributed by atoms with E-state index in [9.17, 15) is 4.79 Å². The summed E-state index contributed by atoms with van der Waals surface area (Å²) in [6, 6.07) is 8.79. The van der Waals surface area contributed by atoms with E-state index in [2.05, 4.69) is 20.9 Å². The Labute approximate surface area is 91.2 Å². The highest BCUT2D eigenvalue weighted by Gasteiger charge is 2.18. The molecule has 0 bridgehead atoms. The molecule has 1 aromatic heterocycles. The average Bonchev–Trinajstić information content (AvgIpc) is 2.83. The van der Waals surface area contributed by atoms with Gasteiger partial charge in [-0.25, -0.2) is 0 Å². The van der Waals surface area contributed by atoms with E-state index < -0.39 is 11.9 Å². The highest BCUT2D eigenvalue weighted by atomic mass is 16.2. The summed E-state index contributed by atoms with van der Waals surface area (Å²) >= 11 is 0. The van der Waals surface area contributed by atoms with Gasteiger partial charge in [0.2, 0.25) is 0 Å². The highest BCUT2D eigenvalue weighted by Crippen LogP contribution is 2.02. The molecule has 7 nitrogen and oxygen atoms in total. The number of hydrogen-bond acceptors (Lipinski definition) is 6. The van der Waals surface area contributed by atoms with Crippen LogP contribution in [0.4, 0.5) is 0 Å². The standard InChI is InChI=1S/C9H10N6O/c10-8(6-7-4-2-1-3-5-7)9(16)15-13-11-12-14-15/h1-5,8H,6,10H2/t8-/m0/s1. The lowest BCUT2D eigenvalue weighted by Gasteiger charge is -2.07. The summed E-state index contributed by atoms with van der Waals surface area (Å²) in [5.74, 6) is -0.422. The van der Waals surface area contributed by atoms with Gasteiger partial charge in [0, 0.05) is 0 Å². The van der Waals surface area contributed by atoms with Gasteiger partial charge in [-0.05, 0) is 32.8 Å². The van der Waals surface area contributed by atoms with Crippen LogP contribution in [0, 0.1) is 0 Å². The van der Waals surface area contributed by atoms with E-state index in [4.69, 9.17) is 5.73 Å². The third-order valence-electron chi connectivity index (χ3n) is 2.10. The number of benzene rings is 1. The molecule has 2 N–H and O–H groups in total. The second-order valence-electron chi connectivity index (χ2n) is 3.28. The minimum atomic E-state index is -0.696. The van der Waals surface area contributed by atoms with Crippen molar-refractivity contribution in [3.63, 3.8) is 0 Å². The van der Waals surface area contributed by atoms with Gasteiger partial charge in [0.1, 0.15) is 0 Å². The lowest BCUT2D eigenvalue weighted by Crippen LogP contribution is -2.37. The third-order valence-corrected chi connectivity index (χ3v) is 2.10. The summed E-state index contributed by atoms with van der Waals surface area (Å²) < 4.78 is 0. The number of aromatic nitrogens is 5. The summed E-state index contributed by atoms with van der Waals surface area (Å²) in [6.45, 7) is 0. The second-order valence-corrected chi connectivity index (χ2v) is 3.28. The fourth-order valence-electron chi connectivity index (χ4n) is 1.32. The number of nitrogens with zero attached hydrogens (tertiary/aromatic N) is 5. The molecule has 0 saturated heterocycles. The molecule has 0 spiro atoms. The Morgan fingerprint density at radius 1 is 1.25 bits per heavy atom. The monoisotopic (exact) mass is 218 g/mol. The van der Waals surface area contributed by atoms with Gasteiger partial charge in [-0.2, -0.15) is 0 Å². The SMILES string of the molecule is N[C@@H](Cc1ccccc1)C(=O)n1nnnn1. The van der Waals surface area contributed by atoms with Gasteiger partial charge in [0.05, 0.1) is 6.04 Å². The first-order valence-corrected chi connectivity index (χ1v) is 4.72. The Morgan fingerprint density at radius 3 is 2.50 bits per heavy atom. The van der Waals surface area contributed by atoms with Crippen molar-refractivity contribution in [2.45, 2.75) is 12.5 Å². The topological polar surface area (TPSA) is 99.6 Å². The first-order valence-electron chi connectivity index (χ1n) is 4.72. The first-order chi connectivity index (χ1) is 7.77. The molecule has 7 heteroatoms. The van der Waals surface area contributed by atoms with Crippen molar-refractivity contribution in [2.75, 3.05) is 0 Å². The van der Waals surface area contributed by atoms with Crippen LogP contribution in [-0.4, -0.2) is 37.6 Å². The Bertz CT molecular complexity index is 454. The minimum absolute atomic E-state index is 0.422. The Balaban J connectivity index is 2.04. The molecule has 1 aromatic carbocycles. The smallest absolute Gasteiger partial charge is 0.285 e. The zero-order valence-electron chi connectivity index (χ0n) is 8.39. The predicted octanol–water partition coefficient (Wildman–Crippen LogP) is -0.722. The van der Waals surface area contributed by atoms with Crippen LogP contribution in [-0.2, 0) is 6.42 Å². The first kappa shape index (κ1) is 10.4. The number of hydrogen-bond donors (Lipinski definition) is 1. The number of rotatable bonds is 3. The molecule has 2 rings (SSSR count). The van der Waals surface area contributed by atoms with Gasteiger partial charge in [0.15, 0.2) is 0 Å². The molecule has 1 heterocycles. The van der Waals surface area contributed by atoms with Crippen LogP contribution in [0.5, 0.6) is 0 Å². The van der Waals surface area contributed by atoms with Crippen molar-refractivity contribution < 1.29 is 4.79 Å². The zero-order valence-corrected chi connectivity index (χ0v) is 8.39. The fraction of sp³-hybridized carbons (Fsp3) is 0.222. The fourth-order valence-corrected chi connectivity index (χ4v) is 1.32. The summed E-state index contributed by atoms with van der Waals surface area (Å²) in [5, 5.41) is 13.2. The Hall–Kier alpha value is -2.15. The molecular formula is C9H10N6O. The third kappa shape index (κ3) is 2.26. The maximum atomic E-state index is 11.6. The van der Waals surface area contributed by atoms with Crippen LogP contribution in [0.3, 0.4) is 0 Å². The second kappa shape index (κ2) is 4.58. The summed E-state index contributed by atoms with van der Waals surface area (Å²) in [5.41, 5.74) is 6.72. The van der Waals surface area contributed by atoms with E-state index in [0.717, 1.165) is 10.4 Å². The van der Waals surface area contributed by atoms with Crippen molar-refractivity contribution in [1.82, 2.24) is 25.7 Å². The minimum Gasteiger partial charge on any atom is -0.319 e. The van der Waals surface area contributed by atoms with Gasteiger partial charge < -0.3 is 5.73 Å². The highest BCUT2D eigenvalue weighted by molar-refractivity contribution is 5.82. The molecule has 2 aromatic rings. The molecule has 0 radical (unpaired) electrons.